The average molecular weight is 313 g/mol. The van der Waals surface area contributed by atoms with E-state index in [4.69, 9.17) is 5.73 Å². The van der Waals surface area contributed by atoms with E-state index in [9.17, 15) is 18.0 Å². The van der Waals surface area contributed by atoms with Crippen LogP contribution in [0.3, 0.4) is 0 Å². The highest BCUT2D eigenvalue weighted by Gasteiger charge is 2.41. The number of halogens is 3. The highest BCUT2D eigenvalue weighted by molar-refractivity contribution is 5.99. The lowest BCUT2D eigenvalue weighted by Gasteiger charge is -2.14. The van der Waals surface area contributed by atoms with Crippen LogP contribution >= 0.6 is 0 Å². The lowest BCUT2D eigenvalue weighted by atomic mass is 10.1. The van der Waals surface area contributed by atoms with E-state index in [1.807, 2.05) is 30.3 Å². The summed E-state index contributed by atoms with van der Waals surface area (Å²) in [6.07, 6.45) is -4.34. The largest absolute Gasteiger partial charge is 0.437 e. The first-order chi connectivity index (χ1) is 10.3. The van der Waals surface area contributed by atoms with Crippen LogP contribution in [0.5, 0.6) is 0 Å². The fraction of sp³-hybridized carbons (Fsp3) is 0.286. The quantitative estimate of drug-likeness (QED) is 0.909. The van der Waals surface area contributed by atoms with Gasteiger partial charge in [-0.3, -0.25) is 4.79 Å². The molecular weight excluding hydrogens is 299 g/mol. The van der Waals surface area contributed by atoms with Gasteiger partial charge in [-0.25, -0.2) is 0 Å². The molecule has 0 aliphatic carbocycles. The molecule has 0 radical (unpaired) electrons. The van der Waals surface area contributed by atoms with E-state index >= 15 is 0 Å². The van der Waals surface area contributed by atoms with Crippen molar-refractivity contribution in [1.29, 1.82) is 0 Å². The molecule has 0 unspecified atom stereocenters. The summed E-state index contributed by atoms with van der Waals surface area (Å²) in [7, 11) is 0. The molecule has 1 atom stereocenters. The second kappa shape index (κ2) is 6.08. The minimum absolute atomic E-state index is 0.384. The topological polar surface area (TPSA) is 81.2 Å². The Kier molecular flexibility index (Phi) is 4.39. The Morgan fingerprint density at radius 1 is 1.36 bits per heavy atom. The lowest BCUT2D eigenvalue weighted by Crippen LogP contribution is -2.35. The highest BCUT2D eigenvalue weighted by atomic mass is 19.4. The van der Waals surface area contributed by atoms with E-state index < -0.39 is 29.2 Å². The van der Waals surface area contributed by atoms with Crippen molar-refractivity contribution in [2.75, 3.05) is 5.73 Å². The predicted octanol–water partition coefficient (Wildman–Crippen LogP) is 2.64. The number of anilines is 1. The zero-order valence-electron chi connectivity index (χ0n) is 11.6. The van der Waals surface area contributed by atoms with Crippen molar-refractivity contribution in [2.24, 2.45) is 0 Å². The van der Waals surface area contributed by atoms with Crippen LogP contribution in [-0.4, -0.2) is 17.1 Å². The number of amides is 1. The van der Waals surface area contributed by atoms with Crippen LogP contribution < -0.4 is 11.1 Å². The normalized spacial score (nSPS) is 12.9. The first-order valence-corrected chi connectivity index (χ1v) is 6.46. The van der Waals surface area contributed by atoms with E-state index in [1.54, 1.807) is 6.92 Å². The van der Waals surface area contributed by atoms with E-state index in [0.717, 1.165) is 5.56 Å². The Morgan fingerprint density at radius 2 is 2.00 bits per heavy atom. The molecule has 1 aromatic heterocycles. The summed E-state index contributed by atoms with van der Waals surface area (Å²) >= 11 is 0. The van der Waals surface area contributed by atoms with E-state index in [0.29, 0.717) is 6.42 Å². The predicted molar refractivity (Wildman–Crippen MR) is 73.0 cm³/mol. The molecule has 8 heteroatoms. The molecule has 2 aromatic rings. The van der Waals surface area contributed by atoms with Crippen LogP contribution in [-0.2, 0) is 12.6 Å². The summed E-state index contributed by atoms with van der Waals surface area (Å²) < 4.78 is 42.5. The summed E-state index contributed by atoms with van der Waals surface area (Å²) in [5, 5.41) is 5.28. The number of nitrogens with zero attached hydrogens (tertiary/aromatic N) is 1. The Bertz CT molecular complexity index is 653. The Labute approximate surface area is 124 Å². The SMILES string of the molecule is C[C@H](Cc1ccccc1)NC(=O)c1c(C(F)(F)F)noc1N. The number of nitrogens with one attached hydrogen (secondary N) is 1. The molecule has 22 heavy (non-hydrogen) atoms. The van der Waals surface area contributed by atoms with E-state index in [-0.39, 0.29) is 6.04 Å². The van der Waals surface area contributed by atoms with Gasteiger partial charge >= 0.3 is 6.18 Å². The third-order valence-corrected chi connectivity index (χ3v) is 2.98. The molecule has 0 saturated carbocycles. The minimum Gasteiger partial charge on any atom is -0.367 e. The molecule has 0 saturated heterocycles. The van der Waals surface area contributed by atoms with Crippen molar-refractivity contribution in [3.63, 3.8) is 0 Å². The summed E-state index contributed by atoms with van der Waals surface area (Å²) in [6, 6.07) is 8.85. The molecule has 0 fully saturated rings. The Morgan fingerprint density at radius 3 is 2.59 bits per heavy atom. The van der Waals surface area contributed by atoms with Crippen LogP contribution in [0.1, 0.15) is 28.5 Å². The van der Waals surface area contributed by atoms with Gasteiger partial charge in [0.1, 0.15) is 5.56 Å². The van der Waals surface area contributed by atoms with Gasteiger partial charge in [0.15, 0.2) is 0 Å². The van der Waals surface area contributed by atoms with Gasteiger partial charge in [-0.05, 0) is 18.9 Å². The number of hydrogen-bond donors (Lipinski definition) is 2. The number of carbonyl (C=O) groups excluding carboxylic acids is 1. The summed E-state index contributed by atoms with van der Waals surface area (Å²) in [6.45, 7) is 1.68. The average Bonchev–Trinajstić information content (AvgIpc) is 2.81. The maximum Gasteiger partial charge on any atom is 0.437 e. The maximum absolute atomic E-state index is 12.7. The molecule has 118 valence electrons. The number of rotatable bonds is 4. The number of aromatic nitrogens is 1. The van der Waals surface area contributed by atoms with Crippen molar-refractivity contribution >= 4 is 11.8 Å². The van der Waals surface area contributed by atoms with Gasteiger partial charge in [-0.15, -0.1) is 0 Å². The smallest absolute Gasteiger partial charge is 0.367 e. The van der Waals surface area contributed by atoms with Crippen molar-refractivity contribution in [1.82, 2.24) is 10.5 Å². The van der Waals surface area contributed by atoms with Crippen LogP contribution in [0.2, 0.25) is 0 Å². The molecule has 5 nitrogen and oxygen atoms in total. The van der Waals surface area contributed by atoms with Crippen molar-refractivity contribution in [2.45, 2.75) is 25.6 Å². The summed E-state index contributed by atoms with van der Waals surface area (Å²) in [5.41, 5.74) is 4.02. The molecule has 1 amide bonds. The minimum atomic E-state index is -4.81. The van der Waals surface area contributed by atoms with Gasteiger partial charge in [0.25, 0.3) is 5.91 Å². The monoisotopic (exact) mass is 313 g/mol. The maximum atomic E-state index is 12.7. The second-order valence-electron chi connectivity index (χ2n) is 4.83. The molecule has 0 aliphatic heterocycles. The number of alkyl halides is 3. The van der Waals surface area contributed by atoms with Crippen molar-refractivity contribution in [3.8, 4) is 0 Å². The molecular formula is C14H14F3N3O2. The number of nitrogens with two attached hydrogens (primary N) is 1. The summed E-state index contributed by atoms with van der Waals surface area (Å²) in [4.78, 5) is 12.0. The summed E-state index contributed by atoms with van der Waals surface area (Å²) in [5.74, 6) is -1.62. The number of benzene rings is 1. The van der Waals surface area contributed by atoms with Gasteiger partial charge in [-0.2, -0.15) is 13.2 Å². The first kappa shape index (κ1) is 15.9. The zero-order valence-corrected chi connectivity index (χ0v) is 11.6. The van der Waals surface area contributed by atoms with E-state index in [2.05, 4.69) is 15.0 Å². The lowest BCUT2D eigenvalue weighted by molar-refractivity contribution is -0.143. The standard InChI is InChI=1S/C14H14F3N3O2/c1-8(7-9-5-3-2-4-6-9)19-13(21)10-11(14(15,16)17)20-22-12(10)18/h2-6,8H,7,18H2,1H3,(H,19,21)/t8-/m1/s1. The van der Waals surface area contributed by atoms with Gasteiger partial charge in [0, 0.05) is 6.04 Å². The molecule has 2 rings (SSSR count). The third-order valence-electron chi connectivity index (χ3n) is 2.98. The Balaban J connectivity index is 2.11. The third kappa shape index (κ3) is 3.57. The van der Waals surface area contributed by atoms with Gasteiger partial charge in [0.2, 0.25) is 11.6 Å². The second-order valence-corrected chi connectivity index (χ2v) is 4.83. The number of carbonyl (C=O) groups is 1. The first-order valence-electron chi connectivity index (χ1n) is 6.46. The number of hydrogen-bond acceptors (Lipinski definition) is 4. The van der Waals surface area contributed by atoms with Crippen LogP contribution in [0, 0.1) is 0 Å². The van der Waals surface area contributed by atoms with Crippen LogP contribution in [0.25, 0.3) is 0 Å². The molecule has 3 N–H and O–H groups in total. The van der Waals surface area contributed by atoms with Crippen molar-refractivity contribution < 1.29 is 22.5 Å². The molecule has 0 aliphatic rings. The van der Waals surface area contributed by atoms with Gasteiger partial charge in [0.05, 0.1) is 0 Å². The van der Waals surface area contributed by atoms with Crippen molar-refractivity contribution in [3.05, 3.63) is 47.2 Å². The number of nitrogen functional groups attached to an aromatic ring is 1. The molecule has 1 aromatic carbocycles. The van der Waals surface area contributed by atoms with Gasteiger partial charge < -0.3 is 15.6 Å². The fourth-order valence-electron chi connectivity index (χ4n) is 2.03. The van der Waals surface area contributed by atoms with E-state index in [1.165, 1.54) is 0 Å². The molecule has 0 spiro atoms. The van der Waals surface area contributed by atoms with Gasteiger partial charge in [-0.1, -0.05) is 35.5 Å². The van der Waals surface area contributed by atoms with Crippen LogP contribution in [0.4, 0.5) is 19.1 Å². The highest BCUT2D eigenvalue weighted by Crippen LogP contribution is 2.33. The zero-order chi connectivity index (χ0) is 16.3. The molecule has 0 bridgehead atoms. The van der Waals surface area contributed by atoms with Crippen LogP contribution in [0.15, 0.2) is 34.9 Å². The Hall–Kier alpha value is -2.51. The molecule has 1 heterocycles. The fourth-order valence-corrected chi connectivity index (χ4v) is 2.03.